The first-order chi connectivity index (χ1) is 9.87. The highest BCUT2D eigenvalue weighted by Crippen LogP contribution is 2.18. The van der Waals surface area contributed by atoms with Crippen molar-refractivity contribution in [3.8, 4) is 11.4 Å². The van der Waals surface area contributed by atoms with Crippen LogP contribution in [0, 0.1) is 13.8 Å². The molecule has 0 amide bonds. The topological polar surface area (TPSA) is 37.8 Å². The number of aryl methyl sites for hydroxylation is 2. The first-order valence-corrected chi connectivity index (χ1v) is 7.51. The first kappa shape index (κ1) is 15.6. The van der Waals surface area contributed by atoms with Crippen LogP contribution in [-0.4, -0.2) is 22.1 Å². The second-order valence-corrected chi connectivity index (χ2v) is 6.49. The van der Waals surface area contributed by atoms with E-state index < -0.39 is 0 Å². The van der Waals surface area contributed by atoms with Gasteiger partial charge in [-0.1, -0.05) is 30.3 Å². The summed E-state index contributed by atoms with van der Waals surface area (Å²) < 4.78 is 0. The second-order valence-electron chi connectivity index (χ2n) is 6.49. The van der Waals surface area contributed by atoms with Crippen molar-refractivity contribution in [3.05, 3.63) is 47.3 Å². The van der Waals surface area contributed by atoms with Gasteiger partial charge in [-0.25, -0.2) is 9.97 Å². The van der Waals surface area contributed by atoms with Crippen molar-refractivity contribution in [2.24, 2.45) is 0 Å². The summed E-state index contributed by atoms with van der Waals surface area (Å²) in [5.74, 6) is 0.818. The standard InChI is InChI=1S/C18H25N3/c1-13-16(11-12-19-18(3,4)5)14(2)21-17(20-13)15-9-7-6-8-10-15/h6-10,19H,11-12H2,1-5H3. The quantitative estimate of drug-likeness (QED) is 0.930. The Kier molecular flexibility index (Phi) is 4.73. The maximum absolute atomic E-state index is 4.68. The monoisotopic (exact) mass is 283 g/mol. The van der Waals surface area contributed by atoms with Crippen molar-refractivity contribution in [2.45, 2.75) is 46.6 Å². The third-order valence-electron chi connectivity index (χ3n) is 3.48. The molecule has 3 nitrogen and oxygen atoms in total. The molecule has 1 N–H and O–H groups in total. The highest BCUT2D eigenvalue weighted by molar-refractivity contribution is 5.55. The summed E-state index contributed by atoms with van der Waals surface area (Å²) in [6, 6.07) is 10.1. The molecule has 112 valence electrons. The molecule has 1 aromatic heterocycles. The van der Waals surface area contributed by atoms with E-state index in [0.717, 1.165) is 35.7 Å². The lowest BCUT2D eigenvalue weighted by Crippen LogP contribution is -2.37. The maximum Gasteiger partial charge on any atom is 0.159 e. The van der Waals surface area contributed by atoms with Gasteiger partial charge < -0.3 is 5.32 Å². The van der Waals surface area contributed by atoms with Crippen LogP contribution >= 0.6 is 0 Å². The molecule has 0 fully saturated rings. The molecular formula is C18H25N3. The van der Waals surface area contributed by atoms with Crippen LogP contribution in [0.25, 0.3) is 11.4 Å². The van der Waals surface area contributed by atoms with E-state index in [2.05, 4.69) is 62.0 Å². The van der Waals surface area contributed by atoms with E-state index in [4.69, 9.17) is 0 Å². The molecular weight excluding hydrogens is 258 g/mol. The number of rotatable bonds is 4. The van der Waals surface area contributed by atoms with Gasteiger partial charge in [0.05, 0.1) is 0 Å². The number of aromatic nitrogens is 2. The molecule has 0 atom stereocenters. The first-order valence-electron chi connectivity index (χ1n) is 7.51. The Balaban J connectivity index is 2.18. The number of nitrogens with one attached hydrogen (secondary N) is 1. The normalized spacial score (nSPS) is 11.7. The zero-order valence-electron chi connectivity index (χ0n) is 13.7. The molecule has 0 spiro atoms. The third kappa shape index (κ3) is 4.36. The highest BCUT2D eigenvalue weighted by Gasteiger charge is 2.12. The van der Waals surface area contributed by atoms with E-state index in [9.17, 15) is 0 Å². The minimum absolute atomic E-state index is 0.145. The smallest absolute Gasteiger partial charge is 0.159 e. The predicted molar refractivity (Wildman–Crippen MR) is 88.4 cm³/mol. The molecule has 2 rings (SSSR count). The van der Waals surface area contributed by atoms with E-state index in [1.165, 1.54) is 5.56 Å². The second kappa shape index (κ2) is 6.35. The van der Waals surface area contributed by atoms with Crippen LogP contribution in [0.4, 0.5) is 0 Å². The fourth-order valence-electron chi connectivity index (χ4n) is 2.38. The molecule has 0 aliphatic heterocycles. The number of hydrogen-bond acceptors (Lipinski definition) is 3. The molecule has 0 bridgehead atoms. The Hall–Kier alpha value is -1.74. The summed E-state index contributed by atoms with van der Waals surface area (Å²) in [5, 5.41) is 3.52. The molecule has 0 saturated heterocycles. The van der Waals surface area contributed by atoms with Crippen LogP contribution in [0.15, 0.2) is 30.3 Å². The summed E-state index contributed by atoms with van der Waals surface area (Å²) in [6.07, 6.45) is 0.962. The van der Waals surface area contributed by atoms with Crippen LogP contribution in [-0.2, 0) is 6.42 Å². The van der Waals surface area contributed by atoms with Gasteiger partial charge in [-0.3, -0.25) is 0 Å². The number of nitrogens with zero attached hydrogens (tertiary/aromatic N) is 2. The van der Waals surface area contributed by atoms with Gasteiger partial charge in [0.1, 0.15) is 0 Å². The van der Waals surface area contributed by atoms with E-state index in [1.54, 1.807) is 0 Å². The lowest BCUT2D eigenvalue weighted by Gasteiger charge is -2.21. The zero-order chi connectivity index (χ0) is 15.5. The van der Waals surface area contributed by atoms with Gasteiger partial charge in [-0.2, -0.15) is 0 Å². The predicted octanol–water partition coefficient (Wildman–Crippen LogP) is 3.69. The van der Waals surface area contributed by atoms with Gasteiger partial charge in [-0.05, 0) is 53.1 Å². The fourth-order valence-corrected chi connectivity index (χ4v) is 2.38. The van der Waals surface area contributed by atoms with Gasteiger partial charge in [0.2, 0.25) is 0 Å². The molecule has 0 unspecified atom stereocenters. The lowest BCUT2D eigenvalue weighted by atomic mass is 10.1. The summed E-state index contributed by atoms with van der Waals surface area (Å²) in [7, 11) is 0. The van der Waals surface area contributed by atoms with Gasteiger partial charge in [0.15, 0.2) is 5.82 Å². The summed E-state index contributed by atoms with van der Waals surface area (Å²) in [4.78, 5) is 9.36. The van der Waals surface area contributed by atoms with E-state index >= 15 is 0 Å². The van der Waals surface area contributed by atoms with Crippen molar-refractivity contribution >= 4 is 0 Å². The van der Waals surface area contributed by atoms with Crippen LogP contribution < -0.4 is 5.32 Å². The number of hydrogen-bond donors (Lipinski definition) is 1. The Labute approximate surface area is 127 Å². The SMILES string of the molecule is Cc1nc(-c2ccccc2)nc(C)c1CCNC(C)(C)C. The van der Waals surface area contributed by atoms with E-state index in [-0.39, 0.29) is 5.54 Å². The molecule has 0 saturated carbocycles. The van der Waals surface area contributed by atoms with Crippen molar-refractivity contribution in [1.29, 1.82) is 0 Å². The van der Waals surface area contributed by atoms with Crippen molar-refractivity contribution in [2.75, 3.05) is 6.54 Å². The van der Waals surface area contributed by atoms with Crippen LogP contribution in [0.5, 0.6) is 0 Å². The molecule has 0 aliphatic carbocycles. The van der Waals surface area contributed by atoms with Crippen LogP contribution in [0.1, 0.15) is 37.7 Å². The van der Waals surface area contributed by atoms with Gasteiger partial charge in [0, 0.05) is 22.5 Å². The number of benzene rings is 1. The maximum atomic E-state index is 4.68. The largest absolute Gasteiger partial charge is 0.312 e. The Morgan fingerprint density at radius 1 is 0.952 bits per heavy atom. The highest BCUT2D eigenvalue weighted by atomic mass is 14.9. The van der Waals surface area contributed by atoms with Gasteiger partial charge >= 0.3 is 0 Å². The van der Waals surface area contributed by atoms with Crippen molar-refractivity contribution in [3.63, 3.8) is 0 Å². The fraction of sp³-hybridized carbons (Fsp3) is 0.444. The van der Waals surface area contributed by atoms with E-state index in [1.807, 2.05) is 18.2 Å². The molecule has 2 aromatic rings. The summed E-state index contributed by atoms with van der Waals surface area (Å²) in [5.41, 5.74) is 4.63. The Morgan fingerprint density at radius 2 is 1.52 bits per heavy atom. The molecule has 21 heavy (non-hydrogen) atoms. The summed E-state index contributed by atoms with van der Waals surface area (Å²) in [6.45, 7) is 11.6. The lowest BCUT2D eigenvalue weighted by molar-refractivity contribution is 0.429. The van der Waals surface area contributed by atoms with Crippen LogP contribution in [0.2, 0.25) is 0 Å². The zero-order valence-corrected chi connectivity index (χ0v) is 13.7. The van der Waals surface area contributed by atoms with Crippen molar-refractivity contribution in [1.82, 2.24) is 15.3 Å². The van der Waals surface area contributed by atoms with Gasteiger partial charge in [-0.15, -0.1) is 0 Å². The minimum atomic E-state index is 0.145. The minimum Gasteiger partial charge on any atom is -0.312 e. The molecule has 0 aliphatic rings. The molecule has 3 heteroatoms. The Morgan fingerprint density at radius 3 is 2.05 bits per heavy atom. The molecule has 0 radical (unpaired) electrons. The van der Waals surface area contributed by atoms with Gasteiger partial charge in [0.25, 0.3) is 0 Å². The van der Waals surface area contributed by atoms with Crippen molar-refractivity contribution < 1.29 is 0 Å². The third-order valence-corrected chi connectivity index (χ3v) is 3.48. The van der Waals surface area contributed by atoms with Crippen LogP contribution in [0.3, 0.4) is 0 Å². The molecule has 1 aromatic carbocycles. The van der Waals surface area contributed by atoms with E-state index in [0.29, 0.717) is 0 Å². The Bertz CT molecular complexity index is 575. The molecule has 1 heterocycles. The summed E-state index contributed by atoms with van der Waals surface area (Å²) >= 11 is 0. The average molecular weight is 283 g/mol. The average Bonchev–Trinajstić information content (AvgIpc) is 2.41.